The third kappa shape index (κ3) is 2.66. The Bertz CT molecular complexity index is 1450. The summed E-state index contributed by atoms with van der Waals surface area (Å²) in [6.45, 7) is 0. The van der Waals surface area contributed by atoms with Crippen LogP contribution >= 0.6 is 0 Å². The second kappa shape index (κ2) is 6.63. The van der Waals surface area contributed by atoms with Gasteiger partial charge in [-0.25, -0.2) is 4.79 Å². The zero-order valence-corrected chi connectivity index (χ0v) is 15.5. The van der Waals surface area contributed by atoms with E-state index in [-0.39, 0.29) is 39.5 Å². The van der Waals surface area contributed by atoms with E-state index in [1.54, 1.807) is 60.7 Å². The minimum atomic E-state index is -0.788. The van der Waals surface area contributed by atoms with Gasteiger partial charge in [-0.2, -0.15) is 0 Å². The Morgan fingerprint density at radius 1 is 0.733 bits per heavy atom. The van der Waals surface area contributed by atoms with Crippen LogP contribution in [0.3, 0.4) is 0 Å². The maximum absolute atomic E-state index is 13.1. The largest absolute Gasteiger partial charge is 0.422 e. The zero-order valence-electron chi connectivity index (χ0n) is 15.5. The van der Waals surface area contributed by atoms with Crippen LogP contribution in [0, 0.1) is 0 Å². The van der Waals surface area contributed by atoms with Crippen LogP contribution in [0.25, 0.3) is 11.0 Å². The molecule has 0 aliphatic heterocycles. The van der Waals surface area contributed by atoms with E-state index < -0.39 is 11.5 Å². The van der Waals surface area contributed by atoms with Crippen molar-refractivity contribution in [3.63, 3.8) is 0 Å². The summed E-state index contributed by atoms with van der Waals surface area (Å²) in [5, 5.41) is 3.20. The van der Waals surface area contributed by atoms with E-state index >= 15 is 0 Å². The second-order valence-electron chi connectivity index (χ2n) is 6.87. The van der Waals surface area contributed by atoms with Gasteiger partial charge in [-0.15, -0.1) is 0 Å². The predicted octanol–water partition coefficient (Wildman–Crippen LogP) is 3.82. The molecule has 0 atom stereocenters. The third-order valence-corrected chi connectivity index (χ3v) is 5.09. The maximum atomic E-state index is 13.1. The standard InChI is InChI=1S/C24H13NO5/c26-21-14-7-2-3-8-15(14)22(27)20-16(21)9-5-10-18(20)25-23(28)17-12-13-6-1-4-11-19(13)30-24(17)29/h1-12H,(H,25,28). The fraction of sp³-hybridized carbons (Fsp3) is 0. The number of benzene rings is 3. The van der Waals surface area contributed by atoms with Gasteiger partial charge in [-0.1, -0.05) is 54.6 Å². The summed E-state index contributed by atoms with van der Waals surface area (Å²) in [5.41, 5.74) is 0.480. The summed E-state index contributed by atoms with van der Waals surface area (Å²) < 4.78 is 5.21. The minimum Gasteiger partial charge on any atom is -0.422 e. The average molecular weight is 395 g/mol. The summed E-state index contributed by atoms with van der Waals surface area (Å²) in [4.78, 5) is 51.0. The molecule has 6 nitrogen and oxygen atoms in total. The highest BCUT2D eigenvalue weighted by Crippen LogP contribution is 2.32. The Balaban J connectivity index is 1.58. The summed E-state index contributed by atoms with van der Waals surface area (Å²) >= 11 is 0. The molecule has 1 aliphatic rings. The van der Waals surface area contributed by atoms with Crippen molar-refractivity contribution < 1.29 is 18.8 Å². The number of carbonyl (C=O) groups excluding carboxylic acids is 3. The van der Waals surface area contributed by atoms with Crippen molar-refractivity contribution in [3.8, 4) is 0 Å². The molecule has 1 amide bonds. The molecular formula is C24H13NO5. The van der Waals surface area contributed by atoms with Crippen LogP contribution in [0.15, 0.2) is 82.0 Å². The number of carbonyl (C=O) groups is 3. The number of para-hydroxylation sites is 1. The molecule has 0 radical (unpaired) electrons. The molecule has 0 saturated carbocycles. The first-order chi connectivity index (χ1) is 14.5. The Morgan fingerprint density at radius 3 is 2.20 bits per heavy atom. The van der Waals surface area contributed by atoms with E-state index in [0.29, 0.717) is 16.5 Å². The van der Waals surface area contributed by atoms with Crippen LogP contribution in [0.1, 0.15) is 42.2 Å². The molecule has 1 N–H and O–H groups in total. The average Bonchev–Trinajstić information content (AvgIpc) is 2.77. The number of amides is 1. The monoisotopic (exact) mass is 395 g/mol. The van der Waals surface area contributed by atoms with Gasteiger partial charge in [-0.05, 0) is 18.2 Å². The summed E-state index contributed by atoms with van der Waals surface area (Å²) in [5.74, 6) is -1.37. The molecule has 0 fully saturated rings. The Kier molecular flexibility index (Phi) is 3.93. The quantitative estimate of drug-likeness (QED) is 0.459. The van der Waals surface area contributed by atoms with E-state index in [1.165, 1.54) is 12.1 Å². The van der Waals surface area contributed by atoms with Crippen molar-refractivity contribution in [2.45, 2.75) is 0 Å². The molecule has 144 valence electrons. The predicted molar refractivity (Wildman–Crippen MR) is 110 cm³/mol. The van der Waals surface area contributed by atoms with E-state index in [9.17, 15) is 19.2 Å². The molecule has 3 aromatic carbocycles. The van der Waals surface area contributed by atoms with Gasteiger partial charge in [0.15, 0.2) is 11.6 Å². The highest BCUT2D eigenvalue weighted by atomic mass is 16.4. The van der Waals surface area contributed by atoms with Crippen molar-refractivity contribution >= 4 is 34.1 Å². The number of ketones is 2. The van der Waals surface area contributed by atoms with Gasteiger partial charge in [0.2, 0.25) is 0 Å². The summed E-state index contributed by atoms with van der Waals surface area (Å²) in [6, 6.07) is 19.5. The lowest BCUT2D eigenvalue weighted by atomic mass is 9.83. The molecule has 1 aromatic heterocycles. The van der Waals surface area contributed by atoms with Gasteiger partial charge in [0.25, 0.3) is 5.91 Å². The van der Waals surface area contributed by atoms with Crippen molar-refractivity contribution in [2.75, 3.05) is 5.32 Å². The van der Waals surface area contributed by atoms with Gasteiger partial charge >= 0.3 is 5.63 Å². The SMILES string of the molecule is O=C1c2ccccc2C(=O)c2c(NC(=O)c3cc4ccccc4oc3=O)cccc21. The van der Waals surface area contributed by atoms with Crippen molar-refractivity contribution in [3.05, 3.63) is 111 Å². The number of anilines is 1. The highest BCUT2D eigenvalue weighted by Gasteiger charge is 2.32. The molecule has 1 heterocycles. The van der Waals surface area contributed by atoms with Crippen LogP contribution < -0.4 is 10.9 Å². The van der Waals surface area contributed by atoms with Crippen LogP contribution in [-0.2, 0) is 0 Å². The fourth-order valence-electron chi connectivity index (χ4n) is 3.66. The van der Waals surface area contributed by atoms with Crippen LogP contribution in [0.2, 0.25) is 0 Å². The van der Waals surface area contributed by atoms with E-state index in [0.717, 1.165) is 0 Å². The first-order valence-corrected chi connectivity index (χ1v) is 9.20. The van der Waals surface area contributed by atoms with Gasteiger partial charge in [0.05, 0.1) is 11.3 Å². The van der Waals surface area contributed by atoms with Crippen LogP contribution in [-0.4, -0.2) is 17.5 Å². The smallest absolute Gasteiger partial charge is 0.349 e. The van der Waals surface area contributed by atoms with E-state index in [1.807, 2.05) is 0 Å². The third-order valence-electron chi connectivity index (χ3n) is 5.09. The van der Waals surface area contributed by atoms with Gasteiger partial charge in [0.1, 0.15) is 11.1 Å². The van der Waals surface area contributed by atoms with Crippen LogP contribution in [0.5, 0.6) is 0 Å². The normalized spacial score (nSPS) is 12.4. The minimum absolute atomic E-state index is 0.111. The number of hydrogen-bond donors (Lipinski definition) is 1. The molecule has 30 heavy (non-hydrogen) atoms. The summed E-state index contributed by atoms with van der Waals surface area (Å²) in [7, 11) is 0. The Morgan fingerprint density at radius 2 is 1.40 bits per heavy atom. The number of fused-ring (bicyclic) bond motifs is 3. The van der Waals surface area contributed by atoms with Crippen LogP contribution in [0.4, 0.5) is 5.69 Å². The van der Waals surface area contributed by atoms with Crippen molar-refractivity contribution in [1.29, 1.82) is 0 Å². The second-order valence-corrected chi connectivity index (χ2v) is 6.87. The molecular weight excluding hydrogens is 382 g/mol. The number of rotatable bonds is 2. The van der Waals surface area contributed by atoms with E-state index in [2.05, 4.69) is 5.32 Å². The lowest BCUT2D eigenvalue weighted by Gasteiger charge is -2.20. The van der Waals surface area contributed by atoms with Gasteiger partial charge < -0.3 is 9.73 Å². The topological polar surface area (TPSA) is 93.4 Å². The van der Waals surface area contributed by atoms with Crippen molar-refractivity contribution in [1.82, 2.24) is 0 Å². The molecule has 1 aliphatic carbocycles. The molecule has 0 saturated heterocycles. The van der Waals surface area contributed by atoms with Gasteiger partial charge in [-0.3, -0.25) is 14.4 Å². The lowest BCUT2D eigenvalue weighted by molar-refractivity contribution is 0.0978. The van der Waals surface area contributed by atoms with E-state index in [4.69, 9.17) is 4.42 Å². The molecule has 5 rings (SSSR count). The molecule has 0 unspecified atom stereocenters. The fourth-order valence-corrected chi connectivity index (χ4v) is 3.66. The van der Waals surface area contributed by atoms with Gasteiger partial charge in [0, 0.05) is 22.1 Å². The maximum Gasteiger partial charge on any atom is 0.349 e. The highest BCUT2D eigenvalue weighted by molar-refractivity contribution is 6.30. The molecule has 4 aromatic rings. The molecule has 0 bridgehead atoms. The summed E-state index contributed by atoms with van der Waals surface area (Å²) in [6.07, 6.45) is 0. The Hall–Kier alpha value is -4.32. The molecule has 6 heteroatoms. The molecule has 0 spiro atoms. The first-order valence-electron chi connectivity index (χ1n) is 9.20. The number of nitrogens with one attached hydrogen (secondary N) is 1. The first kappa shape index (κ1) is 17.8. The van der Waals surface area contributed by atoms with Crippen molar-refractivity contribution in [2.24, 2.45) is 0 Å². The Labute approximate surface area is 169 Å². The lowest BCUT2D eigenvalue weighted by Crippen LogP contribution is -2.25. The number of hydrogen-bond acceptors (Lipinski definition) is 5. The zero-order chi connectivity index (χ0) is 20.8.